The van der Waals surface area contributed by atoms with Gasteiger partial charge in [-0.2, -0.15) is 4.98 Å². The highest BCUT2D eigenvalue weighted by molar-refractivity contribution is 5.35. The van der Waals surface area contributed by atoms with Gasteiger partial charge in [-0.15, -0.1) is 5.11 Å². The predicted octanol–water partition coefficient (Wildman–Crippen LogP) is 3.95. The molecule has 2 aromatic carbocycles. The average molecular weight is 308 g/mol. The summed E-state index contributed by atoms with van der Waals surface area (Å²) in [6.45, 7) is 0.524. The van der Waals surface area contributed by atoms with E-state index in [9.17, 15) is 5.11 Å². The van der Waals surface area contributed by atoms with Crippen molar-refractivity contribution < 1.29 is 9.84 Å². The van der Waals surface area contributed by atoms with Crippen molar-refractivity contribution in [3.8, 4) is 11.6 Å². The number of ether oxygens (including phenoxy) is 1. The minimum atomic E-state index is -0.125. The van der Waals surface area contributed by atoms with Gasteiger partial charge >= 0.3 is 0 Å². The fraction of sp³-hybridized carbons (Fsp3) is 0.118. The lowest BCUT2D eigenvalue weighted by Gasteiger charge is -2.07. The summed E-state index contributed by atoms with van der Waals surface area (Å²) >= 11 is 0. The second-order valence-corrected chi connectivity index (χ2v) is 5.07. The van der Waals surface area contributed by atoms with Gasteiger partial charge in [0, 0.05) is 6.42 Å². The van der Waals surface area contributed by atoms with E-state index < -0.39 is 0 Å². The maximum atomic E-state index is 9.68. The number of rotatable bonds is 6. The number of nitrogens with one attached hydrogen (secondary N) is 2. The van der Waals surface area contributed by atoms with Crippen LogP contribution in [-0.2, 0) is 13.0 Å². The Balaban J connectivity index is 1.62. The Hall–Kier alpha value is -3.15. The molecular weight excluding hydrogens is 292 g/mol. The zero-order chi connectivity index (χ0) is 16.1. The molecule has 0 saturated heterocycles. The highest BCUT2D eigenvalue weighted by Crippen LogP contribution is 2.22. The van der Waals surface area contributed by atoms with Crippen molar-refractivity contribution in [3.05, 3.63) is 71.4 Å². The molecule has 0 atom stereocenters. The lowest BCUT2D eigenvalue weighted by atomic mass is 10.1. The highest BCUT2D eigenvalue weighted by Gasteiger charge is 2.09. The molecule has 0 unspecified atom stereocenters. The quantitative estimate of drug-likeness (QED) is 0.602. The van der Waals surface area contributed by atoms with Gasteiger partial charge in [0.1, 0.15) is 12.4 Å². The number of H-pyrrole nitrogens is 1. The second-order valence-electron chi connectivity index (χ2n) is 5.07. The fourth-order valence-electron chi connectivity index (χ4n) is 2.21. The molecule has 3 N–H and O–H groups in total. The van der Waals surface area contributed by atoms with E-state index in [0.29, 0.717) is 18.7 Å². The Morgan fingerprint density at radius 2 is 1.78 bits per heavy atom. The summed E-state index contributed by atoms with van der Waals surface area (Å²) in [6, 6.07) is 17.6. The van der Waals surface area contributed by atoms with Gasteiger partial charge in [0.2, 0.25) is 11.8 Å². The molecule has 0 radical (unpaired) electrons. The molecule has 3 rings (SSSR count). The van der Waals surface area contributed by atoms with Crippen LogP contribution in [0.15, 0.2) is 59.7 Å². The summed E-state index contributed by atoms with van der Waals surface area (Å²) in [6.07, 6.45) is 0.479. The van der Waals surface area contributed by atoms with Crippen LogP contribution < -0.4 is 4.74 Å². The Labute approximate surface area is 133 Å². The third kappa shape index (κ3) is 3.74. The molecule has 116 valence electrons. The molecule has 0 saturated carbocycles. The number of benzene rings is 2. The summed E-state index contributed by atoms with van der Waals surface area (Å²) in [4.78, 5) is 6.52. The maximum absolute atomic E-state index is 9.68. The predicted molar refractivity (Wildman–Crippen MR) is 85.1 cm³/mol. The zero-order valence-corrected chi connectivity index (χ0v) is 12.4. The number of nitrogens with zero attached hydrogens (tertiary/aromatic N) is 2. The Morgan fingerprint density at radius 3 is 2.43 bits per heavy atom. The molecule has 0 spiro atoms. The van der Waals surface area contributed by atoms with Crippen molar-refractivity contribution in [2.75, 3.05) is 0 Å². The molecule has 0 fully saturated rings. The van der Waals surface area contributed by atoms with Crippen molar-refractivity contribution in [1.29, 1.82) is 5.53 Å². The first kappa shape index (κ1) is 14.8. The molecule has 6 nitrogen and oxygen atoms in total. The molecule has 0 aliphatic rings. The number of aromatic nitrogens is 2. The molecule has 6 heteroatoms. The van der Waals surface area contributed by atoms with Gasteiger partial charge in [0.15, 0.2) is 0 Å². The van der Waals surface area contributed by atoms with Crippen molar-refractivity contribution in [3.63, 3.8) is 0 Å². The van der Waals surface area contributed by atoms with Gasteiger partial charge in [-0.1, -0.05) is 42.5 Å². The monoisotopic (exact) mass is 308 g/mol. The Bertz CT molecular complexity index is 782. The Kier molecular flexibility index (Phi) is 4.33. The first-order valence-electron chi connectivity index (χ1n) is 7.15. The zero-order valence-electron chi connectivity index (χ0n) is 12.4. The third-order valence-electron chi connectivity index (χ3n) is 3.40. The van der Waals surface area contributed by atoms with Crippen LogP contribution >= 0.6 is 0 Å². The highest BCUT2D eigenvalue weighted by atomic mass is 16.5. The van der Waals surface area contributed by atoms with Crippen LogP contribution in [0.4, 0.5) is 5.95 Å². The average Bonchev–Trinajstić information content (AvgIpc) is 2.95. The summed E-state index contributed by atoms with van der Waals surface area (Å²) in [5, 5.41) is 12.8. The van der Waals surface area contributed by atoms with Crippen LogP contribution in [0.5, 0.6) is 11.6 Å². The van der Waals surface area contributed by atoms with Gasteiger partial charge in [-0.3, -0.25) is 0 Å². The van der Waals surface area contributed by atoms with E-state index in [1.807, 2.05) is 54.6 Å². The van der Waals surface area contributed by atoms with Gasteiger partial charge in [-0.05, 0) is 23.3 Å². The summed E-state index contributed by atoms with van der Waals surface area (Å²) in [5.41, 5.74) is 9.53. The molecule has 0 amide bonds. The molecular formula is C17H16N4O2. The van der Waals surface area contributed by atoms with E-state index in [1.54, 1.807) is 0 Å². The summed E-state index contributed by atoms with van der Waals surface area (Å²) < 4.78 is 5.73. The molecule has 3 aromatic rings. The normalized spacial score (nSPS) is 10.4. The van der Waals surface area contributed by atoms with Gasteiger partial charge in [0.05, 0.1) is 5.69 Å². The van der Waals surface area contributed by atoms with Crippen LogP contribution in [0, 0.1) is 5.53 Å². The molecule has 0 bridgehead atoms. The minimum Gasteiger partial charge on any atom is -0.492 e. The number of hydrogen-bond acceptors (Lipinski definition) is 5. The van der Waals surface area contributed by atoms with Crippen LogP contribution in [0.1, 0.15) is 16.8 Å². The molecule has 1 heterocycles. The molecule has 0 aliphatic heterocycles. The van der Waals surface area contributed by atoms with Crippen LogP contribution in [0.25, 0.3) is 0 Å². The SMILES string of the molecule is N=Nc1nc(O)c(Cc2ccc(OCc3ccccc3)cc2)[nH]1. The summed E-state index contributed by atoms with van der Waals surface area (Å²) in [5.74, 6) is 0.758. The molecule has 1 aromatic heterocycles. The maximum Gasteiger partial charge on any atom is 0.249 e. The molecule has 23 heavy (non-hydrogen) atoms. The first-order valence-corrected chi connectivity index (χ1v) is 7.15. The number of imidazole rings is 1. The smallest absolute Gasteiger partial charge is 0.249 e. The molecule has 0 aliphatic carbocycles. The van der Waals surface area contributed by atoms with Crippen molar-refractivity contribution in [2.45, 2.75) is 13.0 Å². The van der Waals surface area contributed by atoms with Crippen LogP contribution in [0.2, 0.25) is 0 Å². The first-order chi connectivity index (χ1) is 11.2. The van der Waals surface area contributed by atoms with Crippen molar-refractivity contribution in [2.24, 2.45) is 5.11 Å². The number of aromatic amines is 1. The topological polar surface area (TPSA) is 94.3 Å². The van der Waals surface area contributed by atoms with Crippen molar-refractivity contribution >= 4 is 5.95 Å². The van der Waals surface area contributed by atoms with E-state index in [4.69, 9.17) is 10.3 Å². The van der Waals surface area contributed by atoms with E-state index in [0.717, 1.165) is 16.9 Å². The van der Waals surface area contributed by atoms with Crippen molar-refractivity contribution in [1.82, 2.24) is 9.97 Å². The lowest BCUT2D eigenvalue weighted by molar-refractivity contribution is 0.306. The third-order valence-corrected chi connectivity index (χ3v) is 3.40. The van der Waals surface area contributed by atoms with E-state index in [1.165, 1.54) is 0 Å². The van der Waals surface area contributed by atoms with Gasteiger partial charge in [-0.25, -0.2) is 5.53 Å². The van der Waals surface area contributed by atoms with E-state index in [-0.39, 0.29) is 11.8 Å². The van der Waals surface area contributed by atoms with Gasteiger partial charge < -0.3 is 14.8 Å². The number of aromatic hydroxyl groups is 1. The standard InChI is InChI=1S/C17H16N4O2/c18-21-17-19-15(16(22)20-17)10-12-6-8-14(9-7-12)23-11-13-4-2-1-3-5-13/h1-9,18,22H,10-11H2,(H,19,20). The van der Waals surface area contributed by atoms with Gasteiger partial charge in [0.25, 0.3) is 0 Å². The fourth-order valence-corrected chi connectivity index (χ4v) is 2.21. The summed E-state index contributed by atoms with van der Waals surface area (Å²) in [7, 11) is 0. The lowest BCUT2D eigenvalue weighted by Crippen LogP contribution is -1.95. The largest absolute Gasteiger partial charge is 0.492 e. The number of hydrogen-bond donors (Lipinski definition) is 3. The minimum absolute atomic E-state index is 0.0975. The van der Waals surface area contributed by atoms with E-state index in [2.05, 4.69) is 15.1 Å². The van der Waals surface area contributed by atoms with Crippen LogP contribution in [-0.4, -0.2) is 15.1 Å². The second kappa shape index (κ2) is 6.74. The van der Waals surface area contributed by atoms with Crippen LogP contribution in [0.3, 0.4) is 0 Å². The Morgan fingerprint density at radius 1 is 1.04 bits per heavy atom. The van der Waals surface area contributed by atoms with E-state index >= 15 is 0 Å².